The fourth-order valence-corrected chi connectivity index (χ4v) is 2.67. The van der Waals surface area contributed by atoms with Crippen LogP contribution in [0.4, 0.5) is 5.69 Å². The van der Waals surface area contributed by atoms with Crippen molar-refractivity contribution in [2.45, 2.75) is 32.7 Å². The van der Waals surface area contributed by atoms with Crippen LogP contribution in [0, 0.1) is 6.92 Å². The average Bonchev–Trinajstić information content (AvgIpc) is 2.49. The number of nitrogens with one attached hydrogen (secondary N) is 2. The molecule has 114 valence electrons. The van der Waals surface area contributed by atoms with Crippen LogP contribution in [0.2, 0.25) is 0 Å². The minimum absolute atomic E-state index is 0.0700. The molecule has 0 spiro atoms. The lowest BCUT2D eigenvalue weighted by Crippen LogP contribution is -2.41. The van der Waals surface area contributed by atoms with Crippen LogP contribution in [-0.2, 0) is 4.79 Å². The van der Waals surface area contributed by atoms with Crippen LogP contribution in [0.3, 0.4) is 0 Å². The van der Waals surface area contributed by atoms with E-state index in [0.717, 1.165) is 37.2 Å². The molecule has 1 aliphatic heterocycles. The fraction of sp³-hybridized carbons (Fsp3) is 0.500. The molecule has 1 fully saturated rings. The summed E-state index contributed by atoms with van der Waals surface area (Å²) in [6, 6.07) is 6.06. The van der Waals surface area contributed by atoms with Crippen molar-refractivity contribution in [2.24, 2.45) is 0 Å². The third-order valence-corrected chi connectivity index (χ3v) is 4.02. The smallest absolute Gasteiger partial charge is 0.251 e. The van der Waals surface area contributed by atoms with Crippen LogP contribution in [0.15, 0.2) is 18.2 Å². The molecule has 21 heavy (non-hydrogen) atoms. The van der Waals surface area contributed by atoms with Crippen LogP contribution in [0.5, 0.6) is 0 Å². The Kier molecular flexibility index (Phi) is 4.83. The molecule has 5 heteroatoms. The largest absolute Gasteiger partial charge is 0.382 e. The molecule has 2 rings (SSSR count). The van der Waals surface area contributed by atoms with E-state index in [0.29, 0.717) is 11.6 Å². The van der Waals surface area contributed by atoms with Crippen LogP contribution < -0.4 is 10.6 Å². The molecule has 0 aromatic heterocycles. The van der Waals surface area contributed by atoms with Gasteiger partial charge in [0.2, 0.25) is 5.91 Å². The Balaban J connectivity index is 1.98. The molecule has 2 amide bonds. The zero-order valence-electron chi connectivity index (χ0n) is 12.9. The first-order valence-corrected chi connectivity index (χ1v) is 7.36. The molecule has 0 aliphatic carbocycles. The highest BCUT2D eigenvalue weighted by molar-refractivity contribution is 5.94. The predicted octanol–water partition coefficient (Wildman–Crippen LogP) is 1.78. The number of nitrogens with zero attached hydrogens (tertiary/aromatic N) is 1. The van der Waals surface area contributed by atoms with Gasteiger partial charge in [-0.2, -0.15) is 0 Å². The van der Waals surface area contributed by atoms with E-state index < -0.39 is 0 Å². The summed E-state index contributed by atoms with van der Waals surface area (Å²) in [7, 11) is 1.63. The van der Waals surface area contributed by atoms with Crippen molar-refractivity contribution in [3.63, 3.8) is 0 Å². The number of hydrogen-bond donors (Lipinski definition) is 2. The Bertz CT molecular complexity index is 534. The van der Waals surface area contributed by atoms with E-state index in [9.17, 15) is 9.59 Å². The van der Waals surface area contributed by atoms with Gasteiger partial charge in [0.1, 0.15) is 0 Å². The summed E-state index contributed by atoms with van der Waals surface area (Å²) in [5.74, 6) is 0.0824. The summed E-state index contributed by atoms with van der Waals surface area (Å²) in [6.45, 7) is 5.24. The van der Waals surface area contributed by atoms with E-state index in [1.165, 1.54) is 0 Å². The van der Waals surface area contributed by atoms with Crippen LogP contribution in [0.1, 0.15) is 35.7 Å². The van der Waals surface area contributed by atoms with Gasteiger partial charge in [0.15, 0.2) is 0 Å². The zero-order valence-corrected chi connectivity index (χ0v) is 12.9. The minimum Gasteiger partial charge on any atom is -0.382 e. The van der Waals surface area contributed by atoms with Gasteiger partial charge < -0.3 is 15.5 Å². The maximum atomic E-state index is 11.6. The highest BCUT2D eigenvalue weighted by atomic mass is 16.2. The van der Waals surface area contributed by atoms with Gasteiger partial charge >= 0.3 is 0 Å². The molecular weight excluding hydrogens is 266 g/mol. The summed E-state index contributed by atoms with van der Waals surface area (Å²) in [6.07, 6.45) is 1.91. The van der Waals surface area contributed by atoms with E-state index in [1.54, 1.807) is 14.0 Å². The second kappa shape index (κ2) is 6.61. The van der Waals surface area contributed by atoms with Crippen molar-refractivity contribution in [3.8, 4) is 0 Å². The van der Waals surface area contributed by atoms with Crippen molar-refractivity contribution in [1.29, 1.82) is 0 Å². The summed E-state index contributed by atoms with van der Waals surface area (Å²) in [4.78, 5) is 24.8. The Hall–Kier alpha value is -2.04. The van der Waals surface area contributed by atoms with Gasteiger partial charge in [-0.15, -0.1) is 0 Å². The highest BCUT2D eigenvalue weighted by Gasteiger charge is 2.20. The molecule has 0 radical (unpaired) electrons. The van der Waals surface area contributed by atoms with E-state index >= 15 is 0 Å². The summed E-state index contributed by atoms with van der Waals surface area (Å²) < 4.78 is 0. The number of aryl methyl sites for hydroxylation is 1. The topological polar surface area (TPSA) is 61.4 Å². The zero-order chi connectivity index (χ0) is 15.4. The van der Waals surface area contributed by atoms with Gasteiger partial charge in [0.05, 0.1) is 0 Å². The van der Waals surface area contributed by atoms with Gasteiger partial charge in [-0.25, -0.2) is 0 Å². The van der Waals surface area contributed by atoms with Crippen LogP contribution in [0.25, 0.3) is 0 Å². The SMILES string of the molecule is CNC(=O)c1ccc(NC2CCN(C(C)=O)CC2)c(C)c1. The second-order valence-corrected chi connectivity index (χ2v) is 5.53. The van der Waals surface area contributed by atoms with Crippen molar-refractivity contribution >= 4 is 17.5 Å². The number of carbonyl (C=O) groups is 2. The molecule has 0 bridgehead atoms. The van der Waals surface area contributed by atoms with Crippen LogP contribution in [-0.4, -0.2) is 42.9 Å². The summed E-state index contributed by atoms with van der Waals surface area (Å²) in [5, 5.41) is 6.15. The Morgan fingerprint density at radius 3 is 2.43 bits per heavy atom. The quantitative estimate of drug-likeness (QED) is 0.891. The van der Waals surface area contributed by atoms with Gasteiger partial charge in [-0.1, -0.05) is 0 Å². The lowest BCUT2D eigenvalue weighted by Gasteiger charge is -2.32. The van der Waals surface area contributed by atoms with Gasteiger partial charge in [0.25, 0.3) is 5.91 Å². The van der Waals surface area contributed by atoms with Crippen LogP contribution >= 0.6 is 0 Å². The monoisotopic (exact) mass is 289 g/mol. The standard InChI is InChI=1S/C16H23N3O2/c1-11-10-13(16(21)17-3)4-5-15(11)18-14-6-8-19(9-7-14)12(2)20/h4-5,10,14,18H,6-9H2,1-3H3,(H,17,21). The molecule has 0 unspecified atom stereocenters. The van der Waals surface area contributed by atoms with Crippen molar-refractivity contribution in [3.05, 3.63) is 29.3 Å². The number of anilines is 1. The molecular formula is C16H23N3O2. The Morgan fingerprint density at radius 1 is 1.24 bits per heavy atom. The predicted molar refractivity (Wildman–Crippen MR) is 83.5 cm³/mol. The first-order chi connectivity index (χ1) is 10.0. The molecule has 1 aliphatic rings. The number of piperidine rings is 1. The lowest BCUT2D eigenvalue weighted by molar-refractivity contribution is -0.129. The maximum Gasteiger partial charge on any atom is 0.251 e. The first-order valence-electron chi connectivity index (χ1n) is 7.36. The van der Waals surface area contributed by atoms with Crippen molar-refractivity contribution < 1.29 is 9.59 Å². The molecule has 1 aromatic carbocycles. The number of carbonyl (C=O) groups excluding carboxylic acids is 2. The van der Waals surface area contributed by atoms with E-state index in [1.807, 2.05) is 30.0 Å². The van der Waals surface area contributed by atoms with E-state index in [-0.39, 0.29) is 11.8 Å². The Morgan fingerprint density at radius 2 is 1.90 bits per heavy atom. The molecule has 5 nitrogen and oxygen atoms in total. The first kappa shape index (κ1) is 15.4. The molecule has 0 saturated carbocycles. The summed E-state index contributed by atoms with van der Waals surface area (Å²) in [5.41, 5.74) is 2.79. The van der Waals surface area contributed by atoms with E-state index in [2.05, 4.69) is 10.6 Å². The summed E-state index contributed by atoms with van der Waals surface area (Å²) >= 11 is 0. The third-order valence-electron chi connectivity index (χ3n) is 4.02. The Labute approximate surface area is 125 Å². The minimum atomic E-state index is -0.0700. The van der Waals surface area contributed by atoms with Gasteiger partial charge in [-0.3, -0.25) is 9.59 Å². The number of hydrogen-bond acceptors (Lipinski definition) is 3. The number of amides is 2. The number of rotatable bonds is 3. The third kappa shape index (κ3) is 3.74. The number of benzene rings is 1. The number of likely N-dealkylation sites (tertiary alicyclic amines) is 1. The van der Waals surface area contributed by atoms with Crippen molar-refractivity contribution in [2.75, 3.05) is 25.5 Å². The average molecular weight is 289 g/mol. The molecule has 1 saturated heterocycles. The highest BCUT2D eigenvalue weighted by Crippen LogP contribution is 2.21. The molecule has 2 N–H and O–H groups in total. The van der Waals surface area contributed by atoms with E-state index in [4.69, 9.17) is 0 Å². The normalized spacial score (nSPS) is 15.7. The molecule has 1 heterocycles. The van der Waals surface area contributed by atoms with Crippen molar-refractivity contribution in [1.82, 2.24) is 10.2 Å². The molecule has 1 aromatic rings. The van der Waals surface area contributed by atoms with Gasteiger partial charge in [-0.05, 0) is 43.5 Å². The van der Waals surface area contributed by atoms with Gasteiger partial charge in [0, 0.05) is 44.4 Å². The maximum absolute atomic E-state index is 11.6. The fourth-order valence-electron chi connectivity index (χ4n) is 2.67. The lowest BCUT2D eigenvalue weighted by atomic mass is 10.0. The second-order valence-electron chi connectivity index (χ2n) is 5.53. The molecule has 0 atom stereocenters.